The van der Waals surface area contributed by atoms with Gasteiger partial charge in [-0.15, -0.1) is 0 Å². The van der Waals surface area contributed by atoms with E-state index in [0.717, 1.165) is 37.2 Å². The first-order valence-corrected chi connectivity index (χ1v) is 10.5. The van der Waals surface area contributed by atoms with Crippen LogP contribution >= 0.6 is 0 Å². The van der Waals surface area contributed by atoms with Crippen LogP contribution in [-0.2, 0) is 23.1 Å². The van der Waals surface area contributed by atoms with Crippen LogP contribution in [0.1, 0.15) is 73.9 Å². The second-order valence-electron chi connectivity index (χ2n) is 7.89. The number of aliphatic hydroxyl groups is 1. The number of nitrogens with zero attached hydrogens (tertiary/aromatic N) is 2. The molecule has 1 aromatic carbocycles. The van der Waals surface area contributed by atoms with Crippen molar-refractivity contribution in [2.75, 3.05) is 6.61 Å². The van der Waals surface area contributed by atoms with Crippen molar-refractivity contribution < 1.29 is 36.2 Å². The Kier molecular flexibility index (Phi) is 9.37. The van der Waals surface area contributed by atoms with Gasteiger partial charge in [-0.3, -0.25) is 0 Å². The summed E-state index contributed by atoms with van der Waals surface area (Å²) in [7, 11) is 2.01. The number of hydrogen-bond donors (Lipinski definition) is 1. The van der Waals surface area contributed by atoms with Crippen LogP contribution < -0.4 is 21.5 Å². The highest BCUT2D eigenvalue weighted by molar-refractivity contribution is 5.76. The fraction of sp³-hybridized carbons (Fsp3) is 0.565. The maximum atomic E-state index is 12.4. The standard InChI is InChI=1S/C23H33N2O3.BrH/c1-18-24(2)15-16-25(18)14-9-17-28-23(27)22(26)21-13-8-7-12-20(21)19-10-5-3-4-6-11-19;/h7-8,12-13,15-16,19,22,26H,3-6,9-11,14,17H2,1-2H3;1H/q+1;/p-1. The maximum absolute atomic E-state index is 12.4. The first-order chi connectivity index (χ1) is 13.6. The molecule has 29 heavy (non-hydrogen) atoms. The van der Waals surface area contributed by atoms with E-state index in [0.29, 0.717) is 18.1 Å². The molecule has 1 fully saturated rings. The Hall–Kier alpha value is -1.66. The van der Waals surface area contributed by atoms with Crippen LogP contribution in [0.3, 0.4) is 0 Å². The molecule has 1 saturated carbocycles. The van der Waals surface area contributed by atoms with E-state index in [1.807, 2.05) is 37.6 Å². The zero-order chi connectivity index (χ0) is 19.9. The lowest BCUT2D eigenvalue weighted by Crippen LogP contribution is -3.00. The van der Waals surface area contributed by atoms with Crippen LogP contribution in [-0.4, -0.2) is 22.2 Å². The Bertz CT molecular complexity index is 782. The number of rotatable bonds is 7. The molecule has 0 aliphatic heterocycles. The van der Waals surface area contributed by atoms with Crippen LogP contribution in [0.4, 0.5) is 0 Å². The Balaban J connectivity index is 0.00000300. The van der Waals surface area contributed by atoms with Crippen molar-refractivity contribution in [1.29, 1.82) is 0 Å². The number of ether oxygens (including phenoxy) is 1. The number of carbonyl (C=O) groups excluding carboxylic acids is 1. The number of imidazole rings is 1. The zero-order valence-corrected chi connectivity index (χ0v) is 19.1. The molecule has 1 heterocycles. The van der Waals surface area contributed by atoms with E-state index in [1.54, 1.807) is 0 Å². The van der Waals surface area contributed by atoms with E-state index in [9.17, 15) is 9.90 Å². The lowest BCUT2D eigenvalue weighted by Gasteiger charge is -2.21. The minimum atomic E-state index is -1.20. The van der Waals surface area contributed by atoms with E-state index in [4.69, 9.17) is 4.74 Å². The van der Waals surface area contributed by atoms with E-state index >= 15 is 0 Å². The fourth-order valence-electron chi connectivity index (χ4n) is 4.17. The van der Waals surface area contributed by atoms with Gasteiger partial charge in [-0.05, 0) is 29.9 Å². The molecule has 160 valence electrons. The van der Waals surface area contributed by atoms with Gasteiger partial charge in [-0.25, -0.2) is 13.9 Å². The third kappa shape index (κ3) is 6.16. The summed E-state index contributed by atoms with van der Waals surface area (Å²) in [5.41, 5.74) is 1.83. The summed E-state index contributed by atoms with van der Waals surface area (Å²) in [6.45, 7) is 3.15. The average Bonchev–Trinajstić information content (AvgIpc) is 2.92. The van der Waals surface area contributed by atoms with Crippen LogP contribution in [0.15, 0.2) is 36.7 Å². The van der Waals surface area contributed by atoms with E-state index in [2.05, 4.69) is 22.1 Å². The summed E-state index contributed by atoms with van der Waals surface area (Å²) in [5.74, 6) is 1.04. The van der Waals surface area contributed by atoms with Crippen LogP contribution in [0.2, 0.25) is 0 Å². The number of aromatic nitrogens is 2. The van der Waals surface area contributed by atoms with Crippen molar-refractivity contribution in [3.63, 3.8) is 0 Å². The van der Waals surface area contributed by atoms with Crippen LogP contribution in [0.25, 0.3) is 0 Å². The van der Waals surface area contributed by atoms with Crippen molar-refractivity contribution in [2.24, 2.45) is 7.05 Å². The van der Waals surface area contributed by atoms with Gasteiger partial charge in [-0.2, -0.15) is 0 Å². The first-order valence-electron chi connectivity index (χ1n) is 10.5. The van der Waals surface area contributed by atoms with Gasteiger partial charge in [0.2, 0.25) is 0 Å². The Morgan fingerprint density at radius 1 is 1.24 bits per heavy atom. The van der Waals surface area contributed by atoms with Gasteiger partial charge in [0, 0.05) is 13.3 Å². The van der Waals surface area contributed by atoms with Gasteiger partial charge < -0.3 is 26.8 Å². The molecule has 1 unspecified atom stereocenters. The molecule has 6 heteroatoms. The van der Waals surface area contributed by atoms with Gasteiger partial charge in [0.1, 0.15) is 12.4 Å². The number of hydrogen-bond acceptors (Lipinski definition) is 3. The van der Waals surface area contributed by atoms with E-state index in [1.165, 1.54) is 25.7 Å². The zero-order valence-electron chi connectivity index (χ0n) is 17.5. The largest absolute Gasteiger partial charge is 1.00 e. The van der Waals surface area contributed by atoms with Crippen molar-refractivity contribution in [3.05, 3.63) is 53.6 Å². The Morgan fingerprint density at radius 3 is 2.59 bits per heavy atom. The third-order valence-electron chi connectivity index (χ3n) is 5.99. The molecule has 0 amide bonds. The molecular weight excluding hydrogens is 432 g/mol. The van der Waals surface area contributed by atoms with Gasteiger partial charge >= 0.3 is 5.97 Å². The summed E-state index contributed by atoms with van der Waals surface area (Å²) in [5, 5.41) is 10.7. The summed E-state index contributed by atoms with van der Waals surface area (Å²) < 4.78 is 9.57. The fourth-order valence-corrected chi connectivity index (χ4v) is 4.17. The number of aliphatic hydroxyl groups excluding tert-OH is 1. The van der Waals surface area contributed by atoms with E-state index < -0.39 is 12.1 Å². The Labute approximate surface area is 184 Å². The number of carbonyl (C=O) groups is 1. The minimum absolute atomic E-state index is 0. The molecule has 0 saturated heterocycles. The number of benzene rings is 1. The summed E-state index contributed by atoms with van der Waals surface area (Å²) in [4.78, 5) is 12.4. The topological polar surface area (TPSA) is 55.3 Å². The molecule has 1 aliphatic carbocycles. The lowest BCUT2D eigenvalue weighted by atomic mass is 9.86. The number of aryl methyl sites for hydroxylation is 2. The second kappa shape index (κ2) is 11.5. The molecule has 1 N–H and O–H groups in total. The smallest absolute Gasteiger partial charge is 0.339 e. The summed E-state index contributed by atoms with van der Waals surface area (Å²) in [6.07, 6.45) is 10.8. The first kappa shape index (κ1) is 23.6. The maximum Gasteiger partial charge on any atom is 0.339 e. The SMILES string of the molecule is Cc1n(CCCOC(=O)C(O)c2ccccc2C2CCCCCC2)cc[n+]1C.[Br-]. The molecule has 2 aromatic rings. The number of esters is 1. The lowest BCUT2D eigenvalue weighted by molar-refractivity contribution is -0.677. The molecule has 0 radical (unpaired) electrons. The highest BCUT2D eigenvalue weighted by Crippen LogP contribution is 2.35. The predicted octanol–water partition coefficient (Wildman–Crippen LogP) is 0.730. The highest BCUT2D eigenvalue weighted by Gasteiger charge is 2.25. The Morgan fingerprint density at radius 2 is 1.93 bits per heavy atom. The third-order valence-corrected chi connectivity index (χ3v) is 5.99. The molecule has 1 aromatic heterocycles. The van der Waals surface area contributed by atoms with Crippen LogP contribution in [0, 0.1) is 6.92 Å². The molecule has 0 bridgehead atoms. The van der Waals surface area contributed by atoms with E-state index in [-0.39, 0.29) is 17.0 Å². The van der Waals surface area contributed by atoms with Crippen molar-refractivity contribution in [2.45, 2.75) is 70.4 Å². The molecule has 1 atom stereocenters. The normalized spacial score (nSPS) is 16.0. The van der Waals surface area contributed by atoms with Crippen LogP contribution in [0.5, 0.6) is 0 Å². The van der Waals surface area contributed by atoms with Crippen molar-refractivity contribution in [3.8, 4) is 0 Å². The van der Waals surface area contributed by atoms with Gasteiger partial charge in [0.05, 0.1) is 20.2 Å². The van der Waals surface area contributed by atoms with Crippen molar-refractivity contribution >= 4 is 5.97 Å². The average molecular weight is 465 g/mol. The summed E-state index contributed by atoms with van der Waals surface area (Å²) in [6, 6.07) is 7.83. The van der Waals surface area contributed by atoms with Gasteiger partial charge in [0.25, 0.3) is 5.82 Å². The molecule has 1 aliphatic rings. The monoisotopic (exact) mass is 464 g/mol. The molecular formula is C23H33BrN2O3. The highest BCUT2D eigenvalue weighted by atomic mass is 79.9. The van der Waals surface area contributed by atoms with Crippen molar-refractivity contribution in [1.82, 2.24) is 4.57 Å². The van der Waals surface area contributed by atoms with Gasteiger partial charge in [-0.1, -0.05) is 49.9 Å². The quantitative estimate of drug-likeness (QED) is 0.284. The van der Waals surface area contributed by atoms with Gasteiger partial charge in [0.15, 0.2) is 6.10 Å². The second-order valence-corrected chi connectivity index (χ2v) is 7.89. The predicted molar refractivity (Wildman–Crippen MR) is 108 cm³/mol. The molecule has 3 rings (SSSR count). The molecule has 5 nitrogen and oxygen atoms in total. The minimum Gasteiger partial charge on any atom is -1.00 e. The molecule has 0 spiro atoms. The number of halogens is 1. The summed E-state index contributed by atoms with van der Waals surface area (Å²) >= 11 is 0.